The van der Waals surface area contributed by atoms with Crippen LogP contribution in [0.3, 0.4) is 0 Å². The number of hydrogen-bond donors (Lipinski definition) is 0. The lowest BCUT2D eigenvalue weighted by Gasteiger charge is -2.48. The first-order valence-electron chi connectivity index (χ1n) is 27.6. The molecule has 4 fully saturated rings. The van der Waals surface area contributed by atoms with E-state index in [2.05, 4.69) is 0 Å². The second-order valence-electron chi connectivity index (χ2n) is 20.0. The van der Waals surface area contributed by atoms with Gasteiger partial charge in [-0.25, -0.2) is 0 Å². The third kappa shape index (κ3) is 23.1. The number of esters is 12. The molecule has 0 aliphatic carbocycles. The van der Waals surface area contributed by atoms with Gasteiger partial charge in [0.2, 0.25) is 0 Å². The molecule has 0 amide bonds. The van der Waals surface area contributed by atoms with Gasteiger partial charge in [-0.3, -0.25) is 57.5 Å². The maximum Gasteiger partial charge on any atom is 0.303 e. The van der Waals surface area contributed by atoms with Gasteiger partial charge >= 0.3 is 71.6 Å². The highest BCUT2D eigenvalue weighted by Crippen LogP contribution is 2.39. The Kier molecular flexibility index (Phi) is 30.5. The van der Waals surface area contributed by atoms with Crippen LogP contribution in [0.25, 0.3) is 0 Å². The summed E-state index contributed by atoms with van der Waals surface area (Å²) in [5.41, 5.74) is 0. The van der Waals surface area contributed by atoms with Crippen molar-refractivity contribution in [3.63, 3.8) is 0 Å². The SMILES string of the molecule is CO[C@@H]1O[C@H](COC(C)=O)[C@H](O[C@@H]2O[C@H](CSCCCCSC[C@H]3O[C@@H](O[C@@H]4[C@H](OC(C)=O)[C@@H](OC(C)=O)[C@H](OC)O[C@@H]4COC(C)=O)[C@H](OC(C)=O)[C@@H](OC(C)=O)[C@H]3OC(C)=O)[C@H](OC(C)=O)[C@H](OC(C)=O)[C@H]2OC(C)=O)[C@H](OC(C)=O)[C@H]1OC(C)=O. The van der Waals surface area contributed by atoms with Crippen molar-refractivity contribution in [1.82, 2.24) is 0 Å². The van der Waals surface area contributed by atoms with Gasteiger partial charge in [0.05, 0.1) is 0 Å². The fourth-order valence-corrected chi connectivity index (χ4v) is 11.9. The number of ether oxygens (including phenoxy) is 20. The Labute approximate surface area is 515 Å². The van der Waals surface area contributed by atoms with Crippen LogP contribution in [0.4, 0.5) is 0 Å². The molecular formula is C54H78O32S2. The van der Waals surface area contributed by atoms with Crippen LogP contribution in [0.2, 0.25) is 0 Å². The second-order valence-corrected chi connectivity index (χ2v) is 22.3. The molecule has 4 heterocycles. The van der Waals surface area contributed by atoms with Crippen molar-refractivity contribution in [3.8, 4) is 0 Å². The van der Waals surface area contributed by atoms with Crippen molar-refractivity contribution in [2.24, 2.45) is 0 Å². The molecule has 0 aromatic heterocycles. The Bertz CT molecular complexity index is 2260. The summed E-state index contributed by atoms with van der Waals surface area (Å²) in [6, 6.07) is 0. The molecule has 0 aromatic carbocycles. The maximum atomic E-state index is 12.8. The molecule has 0 saturated carbocycles. The third-order valence-electron chi connectivity index (χ3n) is 12.7. The van der Waals surface area contributed by atoms with E-state index in [0.29, 0.717) is 24.3 Å². The molecule has 0 N–H and O–H groups in total. The normalized spacial score (nSPS) is 31.8. The number of thioether (sulfide) groups is 2. The molecule has 88 heavy (non-hydrogen) atoms. The Morgan fingerprint density at radius 3 is 0.761 bits per heavy atom. The highest BCUT2D eigenvalue weighted by Gasteiger charge is 2.59. The zero-order valence-corrected chi connectivity index (χ0v) is 52.7. The molecule has 34 heteroatoms. The number of carbonyl (C=O) groups is 12. The lowest BCUT2D eigenvalue weighted by Crippen LogP contribution is -2.67. The topological polar surface area (TPSA) is 389 Å². The van der Waals surface area contributed by atoms with E-state index in [1.807, 2.05) is 0 Å². The van der Waals surface area contributed by atoms with Crippen LogP contribution in [-0.4, -0.2) is 245 Å². The Morgan fingerprint density at radius 2 is 0.511 bits per heavy atom. The minimum Gasteiger partial charge on any atom is -0.463 e. The van der Waals surface area contributed by atoms with Gasteiger partial charge in [-0.2, -0.15) is 23.5 Å². The lowest BCUT2D eigenvalue weighted by atomic mass is 9.96. The quantitative estimate of drug-likeness (QED) is 0.0563. The number of carbonyl (C=O) groups excluding carboxylic acids is 12. The zero-order chi connectivity index (χ0) is 65.7. The van der Waals surface area contributed by atoms with Crippen LogP contribution in [0.5, 0.6) is 0 Å². The van der Waals surface area contributed by atoms with Crippen molar-refractivity contribution in [2.45, 2.75) is 219 Å². The summed E-state index contributed by atoms with van der Waals surface area (Å²) in [5.74, 6) is -9.52. The van der Waals surface area contributed by atoms with Gasteiger partial charge in [0.1, 0.15) is 49.8 Å². The van der Waals surface area contributed by atoms with E-state index >= 15 is 0 Å². The average Bonchev–Trinajstić information content (AvgIpc) is 0.852. The molecule has 4 aliphatic rings. The van der Waals surface area contributed by atoms with E-state index in [0.717, 1.165) is 83.1 Å². The first-order chi connectivity index (χ1) is 41.4. The largest absolute Gasteiger partial charge is 0.463 e. The van der Waals surface area contributed by atoms with Gasteiger partial charge in [0.25, 0.3) is 0 Å². The summed E-state index contributed by atoms with van der Waals surface area (Å²) in [5, 5.41) is 0. The molecule has 32 nitrogen and oxygen atoms in total. The number of rotatable bonds is 29. The molecule has 4 rings (SSSR count). The smallest absolute Gasteiger partial charge is 0.303 e. The molecule has 0 bridgehead atoms. The van der Waals surface area contributed by atoms with Crippen molar-refractivity contribution in [3.05, 3.63) is 0 Å². The molecule has 0 spiro atoms. The fraction of sp³-hybridized carbons (Fsp3) is 0.778. The summed E-state index contributed by atoms with van der Waals surface area (Å²) in [6.45, 7) is 11.7. The highest BCUT2D eigenvalue weighted by molar-refractivity contribution is 7.99. The van der Waals surface area contributed by atoms with E-state index in [1.54, 1.807) is 0 Å². The molecular weight excluding hydrogens is 1220 g/mol. The highest BCUT2D eigenvalue weighted by atomic mass is 32.2. The monoisotopic (exact) mass is 1300 g/mol. The first kappa shape index (κ1) is 74.5. The summed E-state index contributed by atoms with van der Waals surface area (Å²) in [7, 11) is 2.42. The summed E-state index contributed by atoms with van der Waals surface area (Å²) in [6.07, 6.45) is -29.4. The van der Waals surface area contributed by atoms with E-state index in [9.17, 15) is 57.5 Å². The van der Waals surface area contributed by atoms with Crippen molar-refractivity contribution in [2.75, 3.05) is 50.4 Å². The van der Waals surface area contributed by atoms with E-state index in [-0.39, 0.29) is 11.5 Å². The van der Waals surface area contributed by atoms with E-state index in [4.69, 9.17) is 94.7 Å². The number of unbranched alkanes of at least 4 members (excludes halogenated alkanes) is 1. The first-order valence-corrected chi connectivity index (χ1v) is 29.9. The molecule has 0 unspecified atom stereocenters. The van der Waals surface area contributed by atoms with Crippen LogP contribution < -0.4 is 0 Å². The number of hydrogen-bond acceptors (Lipinski definition) is 34. The van der Waals surface area contributed by atoms with Crippen LogP contribution in [0, 0.1) is 0 Å². The van der Waals surface area contributed by atoms with Gasteiger partial charge in [0.15, 0.2) is 86.2 Å². The van der Waals surface area contributed by atoms with Crippen LogP contribution in [0.1, 0.15) is 95.9 Å². The van der Waals surface area contributed by atoms with Gasteiger partial charge in [0, 0.05) is 109 Å². The minimum atomic E-state index is -1.77. The van der Waals surface area contributed by atoms with E-state index < -0.39 is 208 Å². The molecule has 0 radical (unpaired) electrons. The molecule has 20 atom stereocenters. The van der Waals surface area contributed by atoms with Crippen molar-refractivity contribution < 1.29 is 152 Å². The number of methoxy groups -OCH3 is 2. The molecule has 0 aromatic rings. The summed E-state index contributed by atoms with van der Waals surface area (Å²) in [4.78, 5) is 151. The molecule has 4 saturated heterocycles. The van der Waals surface area contributed by atoms with Crippen molar-refractivity contribution in [1.29, 1.82) is 0 Å². The molecule has 4 aliphatic heterocycles. The summed E-state index contributed by atoms with van der Waals surface area (Å²) < 4.78 is 116. The Balaban J connectivity index is 1.62. The minimum absolute atomic E-state index is 0.00895. The van der Waals surface area contributed by atoms with Gasteiger partial charge in [-0.15, -0.1) is 0 Å². The predicted molar refractivity (Wildman–Crippen MR) is 291 cm³/mol. The Morgan fingerprint density at radius 1 is 0.284 bits per heavy atom. The predicted octanol–water partition coefficient (Wildman–Crippen LogP) is 0.639. The maximum absolute atomic E-state index is 12.8. The standard InChI is InChI=1S/C54H78O32S2/c1-23(55)69-19-35-39(43(73-27(5)59)47(77-31(9)63)51(67-13)81-35)85-53-49(79-33(11)65)45(75-29(7)61)41(71-25(3)57)37(83-53)21-87-17-15-16-18-88-22-38-42(72-26(4)58)46(76-30(8)62)50(80-34(12)66)54(84-38)86-40-36(20-70-24(2)56)82-52(68-14)48(78-32(10)64)44(40)74-28(6)60/h35-54H,15-22H2,1-14H3/t35-,36-,37-,38-,39+,40+,41+,42+,43+,44+,45+,46+,47-,48-,49-,50-,51-,52-,53+,54+/m1/s1. The van der Waals surface area contributed by atoms with E-state index in [1.165, 1.54) is 37.7 Å². The van der Waals surface area contributed by atoms with Gasteiger partial charge in [-0.05, 0) is 24.3 Å². The summed E-state index contributed by atoms with van der Waals surface area (Å²) >= 11 is 2.59. The fourth-order valence-electron chi connectivity index (χ4n) is 9.73. The van der Waals surface area contributed by atoms with Gasteiger partial charge < -0.3 is 94.7 Å². The Hall–Kier alpha value is -5.98. The third-order valence-corrected chi connectivity index (χ3v) is 15.0. The molecule has 498 valence electrons. The second kappa shape index (κ2) is 36.0. The van der Waals surface area contributed by atoms with Crippen molar-refractivity contribution >= 4 is 95.2 Å². The lowest BCUT2D eigenvalue weighted by molar-refractivity contribution is -0.355. The van der Waals surface area contributed by atoms with Crippen LogP contribution in [-0.2, 0) is 152 Å². The van der Waals surface area contributed by atoms with Crippen LogP contribution >= 0.6 is 23.5 Å². The average molecular weight is 1300 g/mol. The van der Waals surface area contributed by atoms with Crippen LogP contribution in [0.15, 0.2) is 0 Å². The van der Waals surface area contributed by atoms with Gasteiger partial charge in [-0.1, -0.05) is 0 Å². The zero-order valence-electron chi connectivity index (χ0n) is 51.1.